The van der Waals surface area contributed by atoms with Crippen LogP contribution in [-0.2, 0) is 17.8 Å². The fraction of sp³-hybridized carbons (Fsp3) is 0.476. The minimum Gasteiger partial charge on any atom is -0.366 e. The van der Waals surface area contributed by atoms with Gasteiger partial charge in [0.1, 0.15) is 0 Å². The summed E-state index contributed by atoms with van der Waals surface area (Å²) in [5, 5.41) is 3.03. The van der Waals surface area contributed by atoms with E-state index in [1.807, 2.05) is 13.8 Å². The van der Waals surface area contributed by atoms with Gasteiger partial charge in [-0.3, -0.25) is 4.79 Å². The minimum atomic E-state index is -0.0911. The maximum absolute atomic E-state index is 13.5. The van der Waals surface area contributed by atoms with Crippen molar-refractivity contribution in [3.8, 4) is 0 Å². The second kappa shape index (κ2) is 6.38. The smallest absolute Gasteiger partial charge is 0.224 e. The highest BCUT2D eigenvalue weighted by Gasteiger charge is 2.39. The third kappa shape index (κ3) is 3.50. The minimum absolute atomic E-state index is 0.0911. The largest absolute Gasteiger partial charge is 0.366 e. The van der Waals surface area contributed by atoms with Gasteiger partial charge in [-0.2, -0.15) is 4.39 Å². The normalized spacial score (nSPS) is 17.8. The van der Waals surface area contributed by atoms with Crippen molar-refractivity contribution in [1.82, 2.24) is 0 Å². The fourth-order valence-corrected chi connectivity index (χ4v) is 4.73. The molecule has 1 N–H and O–H groups in total. The molecule has 4 rings (SSSR count). The summed E-state index contributed by atoms with van der Waals surface area (Å²) in [6, 6.07) is 5.94. The third-order valence-electron chi connectivity index (χ3n) is 5.69. The fourth-order valence-electron chi connectivity index (χ4n) is 3.79. The van der Waals surface area contributed by atoms with E-state index in [0.29, 0.717) is 6.42 Å². The number of anilines is 2. The molecule has 0 bridgehead atoms. The van der Waals surface area contributed by atoms with E-state index in [-0.39, 0.29) is 16.5 Å². The van der Waals surface area contributed by atoms with Crippen LogP contribution in [0.3, 0.4) is 0 Å². The van der Waals surface area contributed by atoms with E-state index in [2.05, 4.69) is 29.3 Å². The lowest BCUT2D eigenvalue weighted by Crippen LogP contribution is -2.29. The van der Waals surface area contributed by atoms with Gasteiger partial charge in [0.15, 0.2) is 5.13 Å². The van der Waals surface area contributed by atoms with Gasteiger partial charge in [-0.25, -0.2) is 0 Å². The molecule has 26 heavy (non-hydrogen) atoms. The Bertz CT molecular complexity index is 846. The molecule has 0 radical (unpaired) electrons. The van der Waals surface area contributed by atoms with Crippen LogP contribution in [0, 0.1) is 24.4 Å². The van der Waals surface area contributed by atoms with Crippen LogP contribution in [0.5, 0.6) is 0 Å². The SMILES string of the molecule is Cc1cc(N2CCc3cc(F)sc3C2)cc(C)c1NC(=O)CC1(C)CC1. The molecule has 1 aromatic heterocycles. The van der Waals surface area contributed by atoms with Gasteiger partial charge in [0.05, 0.1) is 6.54 Å². The number of carbonyl (C=O) groups is 1. The second-order valence-electron chi connectivity index (χ2n) is 8.16. The van der Waals surface area contributed by atoms with E-state index in [0.717, 1.165) is 65.3 Å². The number of thiophene rings is 1. The van der Waals surface area contributed by atoms with Crippen LogP contribution in [0.25, 0.3) is 0 Å². The average Bonchev–Trinajstić information content (AvgIpc) is 3.16. The first-order chi connectivity index (χ1) is 12.3. The van der Waals surface area contributed by atoms with Crippen molar-refractivity contribution < 1.29 is 9.18 Å². The number of carbonyl (C=O) groups excluding carboxylic acids is 1. The molecule has 3 nitrogen and oxygen atoms in total. The molecule has 1 fully saturated rings. The number of benzene rings is 1. The number of rotatable bonds is 4. The first kappa shape index (κ1) is 17.5. The number of fused-ring (bicyclic) bond motifs is 1. The summed E-state index contributed by atoms with van der Waals surface area (Å²) in [5.74, 6) is 0.112. The van der Waals surface area contributed by atoms with E-state index < -0.39 is 0 Å². The maximum Gasteiger partial charge on any atom is 0.224 e. The number of hydrogen-bond acceptors (Lipinski definition) is 3. The van der Waals surface area contributed by atoms with Crippen LogP contribution in [0.1, 0.15) is 47.8 Å². The quantitative estimate of drug-likeness (QED) is 0.800. The highest BCUT2D eigenvalue weighted by Crippen LogP contribution is 2.48. The molecular formula is C21H25FN2OS. The van der Waals surface area contributed by atoms with E-state index in [1.54, 1.807) is 6.07 Å². The van der Waals surface area contributed by atoms with Crippen LogP contribution in [0.15, 0.2) is 18.2 Å². The average molecular weight is 373 g/mol. The van der Waals surface area contributed by atoms with Crippen LogP contribution in [0.2, 0.25) is 0 Å². The Kier molecular flexibility index (Phi) is 4.30. The molecule has 1 saturated carbocycles. The Balaban J connectivity index is 1.51. The molecule has 1 aliphatic carbocycles. The van der Waals surface area contributed by atoms with Crippen molar-refractivity contribution in [2.75, 3.05) is 16.8 Å². The molecule has 0 atom stereocenters. The Hall–Kier alpha value is -1.88. The van der Waals surface area contributed by atoms with Gasteiger partial charge >= 0.3 is 0 Å². The zero-order chi connectivity index (χ0) is 18.5. The predicted molar refractivity (Wildman–Crippen MR) is 106 cm³/mol. The van der Waals surface area contributed by atoms with Crippen LogP contribution in [-0.4, -0.2) is 12.5 Å². The number of aryl methyl sites for hydroxylation is 2. The lowest BCUT2D eigenvalue weighted by molar-refractivity contribution is -0.117. The van der Waals surface area contributed by atoms with Crippen molar-refractivity contribution >= 4 is 28.6 Å². The van der Waals surface area contributed by atoms with Gasteiger partial charge in [0, 0.05) is 29.2 Å². The highest BCUT2D eigenvalue weighted by atomic mass is 32.1. The molecule has 2 aromatic rings. The highest BCUT2D eigenvalue weighted by molar-refractivity contribution is 7.10. The number of amides is 1. The van der Waals surface area contributed by atoms with Crippen LogP contribution >= 0.6 is 11.3 Å². The molecule has 0 unspecified atom stereocenters. The molecule has 0 spiro atoms. The van der Waals surface area contributed by atoms with Crippen molar-refractivity contribution in [1.29, 1.82) is 0 Å². The Morgan fingerprint density at radius 1 is 1.27 bits per heavy atom. The lowest BCUT2D eigenvalue weighted by atomic mass is 10.0. The van der Waals surface area contributed by atoms with Crippen molar-refractivity contribution in [3.63, 3.8) is 0 Å². The van der Waals surface area contributed by atoms with Gasteiger partial charge in [-0.1, -0.05) is 6.92 Å². The molecule has 5 heteroatoms. The van der Waals surface area contributed by atoms with Gasteiger partial charge in [-0.15, -0.1) is 11.3 Å². The van der Waals surface area contributed by atoms with E-state index in [1.165, 1.54) is 11.3 Å². The molecule has 1 aliphatic heterocycles. The van der Waals surface area contributed by atoms with Crippen molar-refractivity contribution in [2.24, 2.45) is 5.41 Å². The summed E-state index contributed by atoms with van der Waals surface area (Å²) in [6.45, 7) is 7.92. The summed E-state index contributed by atoms with van der Waals surface area (Å²) >= 11 is 1.25. The summed E-state index contributed by atoms with van der Waals surface area (Å²) in [5.41, 5.74) is 5.60. The molecule has 0 saturated heterocycles. The number of nitrogens with one attached hydrogen (secondary N) is 1. The van der Waals surface area contributed by atoms with Gasteiger partial charge in [-0.05, 0) is 73.4 Å². The lowest BCUT2D eigenvalue weighted by Gasteiger charge is -2.30. The molecule has 1 aromatic carbocycles. The predicted octanol–water partition coefficient (Wildman–Crippen LogP) is 5.20. The Labute approximate surface area is 158 Å². The summed E-state index contributed by atoms with van der Waals surface area (Å²) < 4.78 is 13.5. The van der Waals surface area contributed by atoms with Crippen molar-refractivity contribution in [2.45, 2.75) is 53.0 Å². The zero-order valence-electron chi connectivity index (χ0n) is 15.6. The first-order valence-corrected chi connectivity index (χ1v) is 10.1. The maximum atomic E-state index is 13.5. The van der Waals surface area contributed by atoms with E-state index >= 15 is 0 Å². The zero-order valence-corrected chi connectivity index (χ0v) is 16.4. The molecule has 2 heterocycles. The van der Waals surface area contributed by atoms with E-state index in [9.17, 15) is 9.18 Å². The summed E-state index contributed by atoms with van der Waals surface area (Å²) in [4.78, 5) is 15.8. The number of halogens is 1. The Morgan fingerprint density at radius 3 is 2.62 bits per heavy atom. The van der Waals surface area contributed by atoms with Gasteiger partial charge < -0.3 is 10.2 Å². The number of hydrogen-bond donors (Lipinski definition) is 1. The summed E-state index contributed by atoms with van der Waals surface area (Å²) in [7, 11) is 0. The van der Waals surface area contributed by atoms with Crippen LogP contribution < -0.4 is 10.2 Å². The van der Waals surface area contributed by atoms with E-state index in [4.69, 9.17) is 0 Å². The molecular weight excluding hydrogens is 347 g/mol. The summed E-state index contributed by atoms with van der Waals surface area (Å²) in [6.07, 6.45) is 3.78. The first-order valence-electron chi connectivity index (χ1n) is 9.26. The second-order valence-corrected chi connectivity index (χ2v) is 9.25. The van der Waals surface area contributed by atoms with Crippen molar-refractivity contribution in [3.05, 3.63) is 44.9 Å². The van der Waals surface area contributed by atoms with Crippen LogP contribution in [0.4, 0.5) is 15.8 Å². The van der Waals surface area contributed by atoms with Gasteiger partial charge in [0.2, 0.25) is 5.91 Å². The Morgan fingerprint density at radius 2 is 1.96 bits per heavy atom. The molecule has 2 aliphatic rings. The molecule has 138 valence electrons. The third-order valence-corrected chi connectivity index (χ3v) is 6.64. The topological polar surface area (TPSA) is 32.3 Å². The standard InChI is InChI=1S/C21H25FN2OS/c1-13-8-16(24-7-4-15-10-18(22)26-17(15)12-24)9-14(2)20(13)23-19(25)11-21(3)5-6-21/h8-10H,4-7,11-12H2,1-3H3,(H,23,25). The van der Waals surface area contributed by atoms with Gasteiger partial charge in [0.25, 0.3) is 0 Å². The molecule has 1 amide bonds. The number of nitrogens with zero attached hydrogens (tertiary/aromatic N) is 1. The monoisotopic (exact) mass is 372 g/mol.